The summed E-state index contributed by atoms with van der Waals surface area (Å²) in [6.07, 6.45) is 0. The Bertz CT molecular complexity index is 3830. The number of benzene rings is 9. The molecule has 6 heteroatoms. The molecule has 0 amide bonds. The van der Waals surface area contributed by atoms with Gasteiger partial charge in [0.05, 0.1) is 33.1 Å². The first-order chi connectivity index (χ1) is 31.2. The van der Waals surface area contributed by atoms with Crippen LogP contribution in [0.25, 0.3) is 122 Å². The molecule has 9 aromatic carbocycles. The van der Waals surface area contributed by atoms with E-state index < -0.39 is 0 Å². The van der Waals surface area contributed by atoms with Crippen LogP contribution in [0.2, 0.25) is 0 Å². The number of hydrogen-bond acceptors (Lipinski definition) is 4. The van der Waals surface area contributed by atoms with E-state index in [1.54, 1.807) is 0 Å². The Kier molecular flexibility index (Phi) is 7.80. The van der Waals surface area contributed by atoms with Crippen LogP contribution in [0.4, 0.5) is 0 Å². The molecule has 0 aliphatic rings. The van der Waals surface area contributed by atoms with Crippen LogP contribution in [0.1, 0.15) is 0 Å². The van der Waals surface area contributed by atoms with Crippen molar-refractivity contribution >= 4 is 65.6 Å². The molecule has 0 fully saturated rings. The molecule has 13 rings (SSSR count). The number of fused-ring (bicyclic) bond motifs is 9. The summed E-state index contributed by atoms with van der Waals surface area (Å²) in [6.45, 7) is 0. The van der Waals surface area contributed by atoms with Gasteiger partial charge >= 0.3 is 0 Å². The van der Waals surface area contributed by atoms with Gasteiger partial charge in [0, 0.05) is 49.3 Å². The van der Waals surface area contributed by atoms with Gasteiger partial charge in [-0.05, 0) is 65.7 Å². The van der Waals surface area contributed by atoms with Crippen LogP contribution < -0.4 is 0 Å². The van der Waals surface area contributed by atoms with E-state index in [4.69, 9.17) is 19.4 Å². The first kappa shape index (κ1) is 35.2. The zero-order valence-electron chi connectivity index (χ0n) is 33.9. The Morgan fingerprint density at radius 1 is 0.317 bits per heavy atom. The van der Waals surface area contributed by atoms with Gasteiger partial charge in [0.15, 0.2) is 17.5 Å². The molecule has 0 radical (unpaired) electrons. The highest BCUT2D eigenvalue weighted by Gasteiger charge is 2.25. The maximum Gasteiger partial charge on any atom is 0.164 e. The zero-order chi connectivity index (χ0) is 41.4. The fraction of sp³-hybridized carbons (Fsp3) is 0. The highest BCUT2D eigenvalue weighted by atomic mass is 16.3. The summed E-state index contributed by atoms with van der Waals surface area (Å²) in [5.74, 6) is 1.79. The summed E-state index contributed by atoms with van der Waals surface area (Å²) >= 11 is 0. The van der Waals surface area contributed by atoms with E-state index in [1.807, 2.05) is 66.7 Å². The normalized spacial score (nSPS) is 11.8. The summed E-state index contributed by atoms with van der Waals surface area (Å²) in [5.41, 5.74) is 13.0. The molecule has 0 N–H and O–H groups in total. The topological polar surface area (TPSA) is 61.7 Å². The van der Waals surface area contributed by atoms with Gasteiger partial charge < -0.3 is 13.6 Å². The van der Waals surface area contributed by atoms with Crippen LogP contribution in [0.15, 0.2) is 217 Å². The number of furan rings is 1. The van der Waals surface area contributed by atoms with Gasteiger partial charge in [-0.15, -0.1) is 0 Å². The van der Waals surface area contributed by atoms with Crippen molar-refractivity contribution in [1.82, 2.24) is 24.1 Å². The van der Waals surface area contributed by atoms with Crippen molar-refractivity contribution in [1.29, 1.82) is 0 Å². The molecule has 6 nitrogen and oxygen atoms in total. The fourth-order valence-corrected chi connectivity index (χ4v) is 9.56. The predicted molar refractivity (Wildman–Crippen MR) is 258 cm³/mol. The van der Waals surface area contributed by atoms with E-state index in [0.29, 0.717) is 17.5 Å². The van der Waals surface area contributed by atoms with Crippen molar-refractivity contribution < 1.29 is 4.42 Å². The summed E-state index contributed by atoms with van der Waals surface area (Å²) in [6, 6.07) is 74.4. The molecule has 0 bridgehead atoms. The van der Waals surface area contributed by atoms with Gasteiger partial charge in [0.25, 0.3) is 0 Å². The average molecular weight is 806 g/mol. The molecule has 0 saturated heterocycles. The lowest BCUT2D eigenvalue weighted by Crippen LogP contribution is -2.01. The molecule has 0 atom stereocenters. The number of nitrogens with zero attached hydrogens (tertiary/aromatic N) is 5. The minimum atomic E-state index is 0.574. The molecule has 294 valence electrons. The number of aromatic nitrogens is 5. The van der Waals surface area contributed by atoms with Crippen molar-refractivity contribution in [2.45, 2.75) is 0 Å². The molecule has 4 aromatic heterocycles. The first-order valence-corrected chi connectivity index (χ1v) is 21.2. The van der Waals surface area contributed by atoms with Crippen LogP contribution in [0.3, 0.4) is 0 Å². The van der Waals surface area contributed by atoms with E-state index in [2.05, 4.69) is 155 Å². The van der Waals surface area contributed by atoms with Gasteiger partial charge in [-0.25, -0.2) is 15.0 Å². The maximum absolute atomic E-state index is 6.97. The number of hydrogen-bond donors (Lipinski definition) is 0. The second kappa shape index (κ2) is 14.0. The fourth-order valence-electron chi connectivity index (χ4n) is 9.56. The van der Waals surface area contributed by atoms with E-state index in [-0.39, 0.29) is 0 Å². The smallest absolute Gasteiger partial charge is 0.164 e. The lowest BCUT2D eigenvalue weighted by Gasteiger charge is -2.14. The molecular formula is C57H35N5O. The lowest BCUT2D eigenvalue weighted by atomic mass is 9.99. The highest BCUT2D eigenvalue weighted by molar-refractivity contribution is 6.22. The van der Waals surface area contributed by atoms with Crippen LogP contribution in [-0.2, 0) is 0 Å². The van der Waals surface area contributed by atoms with Crippen molar-refractivity contribution in [3.8, 4) is 56.7 Å². The molecule has 13 aromatic rings. The predicted octanol–water partition coefficient (Wildman–Crippen LogP) is 14.6. The van der Waals surface area contributed by atoms with E-state index >= 15 is 0 Å². The van der Waals surface area contributed by atoms with Crippen molar-refractivity contribution in [3.63, 3.8) is 0 Å². The summed E-state index contributed by atoms with van der Waals surface area (Å²) in [5, 5.41) is 6.71. The van der Waals surface area contributed by atoms with E-state index in [0.717, 1.165) is 77.7 Å². The quantitative estimate of drug-likeness (QED) is 0.168. The molecule has 0 unspecified atom stereocenters. The molecule has 0 saturated carbocycles. The zero-order valence-corrected chi connectivity index (χ0v) is 33.9. The minimum Gasteiger partial charge on any atom is -0.456 e. The van der Waals surface area contributed by atoms with Gasteiger partial charge in [-0.1, -0.05) is 158 Å². The molecule has 0 spiro atoms. The third-order valence-corrected chi connectivity index (χ3v) is 12.3. The molecule has 0 aliphatic carbocycles. The van der Waals surface area contributed by atoms with Crippen molar-refractivity contribution in [2.75, 3.05) is 0 Å². The average Bonchev–Trinajstić information content (AvgIpc) is 4.01. The first-order valence-electron chi connectivity index (χ1n) is 21.2. The van der Waals surface area contributed by atoms with E-state index in [1.165, 1.54) is 27.1 Å². The second-order valence-electron chi connectivity index (χ2n) is 16.0. The Hall–Kier alpha value is -8.61. The third kappa shape index (κ3) is 5.55. The Morgan fingerprint density at radius 2 is 0.841 bits per heavy atom. The van der Waals surface area contributed by atoms with Crippen LogP contribution in [0.5, 0.6) is 0 Å². The summed E-state index contributed by atoms with van der Waals surface area (Å²) in [4.78, 5) is 15.4. The minimum absolute atomic E-state index is 0.574. The Balaban J connectivity index is 1.17. The highest BCUT2D eigenvalue weighted by Crippen LogP contribution is 2.45. The lowest BCUT2D eigenvalue weighted by molar-refractivity contribution is 0.669. The summed E-state index contributed by atoms with van der Waals surface area (Å²) < 4.78 is 11.8. The van der Waals surface area contributed by atoms with Crippen LogP contribution in [-0.4, -0.2) is 24.1 Å². The monoisotopic (exact) mass is 805 g/mol. The van der Waals surface area contributed by atoms with Crippen molar-refractivity contribution in [2.24, 2.45) is 0 Å². The van der Waals surface area contributed by atoms with Gasteiger partial charge in [0.2, 0.25) is 0 Å². The molecule has 0 aliphatic heterocycles. The van der Waals surface area contributed by atoms with E-state index in [9.17, 15) is 0 Å². The largest absolute Gasteiger partial charge is 0.456 e. The molecular weight excluding hydrogens is 771 g/mol. The standard InChI is InChI=1S/C57H35N5O/c1-5-18-36(19-6-1)39-32-50(62-47-30-16-14-27-42(47)45-34-44-41-26-13-15-29-46(41)61(48(44)35-49(45)62)40-24-11-4-12-25-40)54-52(33-39)63-51-31-17-28-43(53(51)54)57-59-55(37-20-7-2-8-21-37)58-56(60-57)38-22-9-3-10-23-38/h1-35H. The van der Waals surface area contributed by atoms with Crippen LogP contribution in [0, 0.1) is 0 Å². The number of rotatable bonds is 6. The third-order valence-electron chi connectivity index (χ3n) is 12.3. The second-order valence-corrected chi connectivity index (χ2v) is 16.0. The number of para-hydroxylation sites is 3. The maximum atomic E-state index is 6.97. The SMILES string of the molecule is c1ccc(-c2cc(-n3c4ccccc4c4cc5c6ccccc6n(-c6ccccc6)c5cc43)c3c(c2)oc2cccc(-c4nc(-c5ccccc5)nc(-c5ccccc5)n4)c23)cc1. The molecule has 4 heterocycles. The summed E-state index contributed by atoms with van der Waals surface area (Å²) in [7, 11) is 0. The van der Waals surface area contributed by atoms with Crippen molar-refractivity contribution in [3.05, 3.63) is 212 Å². The molecule has 63 heavy (non-hydrogen) atoms. The van der Waals surface area contributed by atoms with Crippen LogP contribution >= 0.6 is 0 Å². The van der Waals surface area contributed by atoms with Gasteiger partial charge in [-0.2, -0.15) is 0 Å². The van der Waals surface area contributed by atoms with Gasteiger partial charge in [0.1, 0.15) is 11.2 Å². The van der Waals surface area contributed by atoms with Gasteiger partial charge in [-0.3, -0.25) is 0 Å². The Morgan fingerprint density at radius 3 is 1.48 bits per heavy atom. The Labute approximate surface area is 361 Å².